The van der Waals surface area contributed by atoms with E-state index < -0.39 is 5.24 Å². The molecule has 110 valence electrons. The molecule has 0 amide bonds. The van der Waals surface area contributed by atoms with E-state index in [0.717, 1.165) is 16.7 Å². The normalized spacial score (nSPS) is 11.4. The Morgan fingerprint density at radius 2 is 1.77 bits per heavy atom. The van der Waals surface area contributed by atoms with Crippen molar-refractivity contribution in [2.24, 2.45) is 0 Å². The van der Waals surface area contributed by atoms with E-state index in [0.29, 0.717) is 11.5 Å². The first kappa shape index (κ1) is 14.5. The minimum atomic E-state index is -0.458. The number of rotatable bonds is 3. The van der Waals surface area contributed by atoms with Crippen molar-refractivity contribution in [2.75, 3.05) is 0 Å². The van der Waals surface area contributed by atoms with Gasteiger partial charge >= 0.3 is 0 Å². The molecular formula is C18H14ClNO2. The Morgan fingerprint density at radius 1 is 1.09 bits per heavy atom. The lowest BCUT2D eigenvalue weighted by Crippen LogP contribution is -1.87. The van der Waals surface area contributed by atoms with Crippen LogP contribution in [0.15, 0.2) is 40.8 Å². The fraction of sp³-hybridized carbons (Fsp3) is 0.111. The predicted molar refractivity (Wildman–Crippen MR) is 89.0 cm³/mol. The van der Waals surface area contributed by atoms with E-state index in [4.69, 9.17) is 16.0 Å². The maximum atomic E-state index is 11.0. The number of fused-ring (bicyclic) bond motifs is 1. The van der Waals surface area contributed by atoms with Crippen molar-refractivity contribution in [3.63, 3.8) is 0 Å². The summed E-state index contributed by atoms with van der Waals surface area (Å²) in [6.45, 7) is 4.10. The third kappa shape index (κ3) is 2.95. The number of aromatic nitrogens is 1. The molecule has 0 N–H and O–H groups in total. The molecule has 0 saturated heterocycles. The highest BCUT2D eigenvalue weighted by molar-refractivity contribution is 6.67. The van der Waals surface area contributed by atoms with Crippen LogP contribution in [0.3, 0.4) is 0 Å². The summed E-state index contributed by atoms with van der Waals surface area (Å²) < 4.78 is 5.71. The van der Waals surface area contributed by atoms with E-state index in [9.17, 15) is 4.79 Å². The van der Waals surface area contributed by atoms with E-state index in [2.05, 4.69) is 11.9 Å². The topological polar surface area (TPSA) is 43.1 Å². The van der Waals surface area contributed by atoms with Crippen LogP contribution in [0.25, 0.3) is 23.3 Å². The highest BCUT2D eigenvalue weighted by Crippen LogP contribution is 2.21. The molecule has 22 heavy (non-hydrogen) atoms. The molecule has 3 aromatic rings. The first-order valence-corrected chi connectivity index (χ1v) is 7.26. The number of benzene rings is 2. The number of oxazole rings is 1. The Kier molecular flexibility index (Phi) is 3.82. The zero-order chi connectivity index (χ0) is 15.7. The first-order valence-electron chi connectivity index (χ1n) is 6.89. The summed E-state index contributed by atoms with van der Waals surface area (Å²) in [5.41, 5.74) is 5.43. The van der Waals surface area contributed by atoms with Crippen molar-refractivity contribution in [3.05, 3.63) is 64.5 Å². The number of aryl methyl sites for hydroxylation is 2. The zero-order valence-corrected chi connectivity index (χ0v) is 13.0. The lowest BCUT2D eigenvalue weighted by atomic mass is 10.1. The minimum Gasteiger partial charge on any atom is -0.437 e. The molecule has 4 heteroatoms. The third-order valence-corrected chi connectivity index (χ3v) is 3.79. The Hall–Kier alpha value is -2.39. The Labute approximate surface area is 133 Å². The highest BCUT2D eigenvalue weighted by Gasteiger charge is 2.05. The van der Waals surface area contributed by atoms with Crippen molar-refractivity contribution in [1.29, 1.82) is 0 Å². The quantitative estimate of drug-likeness (QED) is 0.640. The summed E-state index contributed by atoms with van der Waals surface area (Å²) in [5.74, 6) is 0.553. The molecule has 3 nitrogen and oxygen atoms in total. The largest absolute Gasteiger partial charge is 0.437 e. The first-order chi connectivity index (χ1) is 10.5. The average Bonchev–Trinajstić information content (AvgIpc) is 2.88. The van der Waals surface area contributed by atoms with E-state index in [1.54, 1.807) is 12.1 Å². The summed E-state index contributed by atoms with van der Waals surface area (Å²) in [5, 5.41) is -0.458. The number of hydrogen-bond acceptors (Lipinski definition) is 3. The Balaban J connectivity index is 1.87. The van der Waals surface area contributed by atoms with Gasteiger partial charge in [-0.1, -0.05) is 12.1 Å². The Bertz CT molecular complexity index is 837. The van der Waals surface area contributed by atoms with Crippen molar-refractivity contribution in [3.8, 4) is 0 Å². The van der Waals surface area contributed by atoms with Crippen molar-refractivity contribution in [2.45, 2.75) is 13.8 Å². The molecule has 0 saturated carbocycles. The van der Waals surface area contributed by atoms with Crippen LogP contribution < -0.4 is 0 Å². The van der Waals surface area contributed by atoms with Gasteiger partial charge in [0.15, 0.2) is 5.58 Å². The van der Waals surface area contributed by atoms with Gasteiger partial charge in [0.1, 0.15) is 5.52 Å². The number of hydrogen-bond donors (Lipinski definition) is 0. The molecular weight excluding hydrogens is 298 g/mol. The molecule has 0 fully saturated rings. The van der Waals surface area contributed by atoms with E-state index >= 15 is 0 Å². The molecule has 3 rings (SSSR count). The SMILES string of the molecule is Cc1cc2nc(/C=C/c3ccc(C(=O)Cl)cc3)oc2cc1C. The van der Waals surface area contributed by atoms with Crippen molar-refractivity contribution >= 4 is 40.1 Å². The van der Waals surface area contributed by atoms with Crippen LogP contribution in [-0.2, 0) is 0 Å². The van der Waals surface area contributed by atoms with Crippen molar-refractivity contribution in [1.82, 2.24) is 4.98 Å². The molecule has 0 unspecified atom stereocenters. The zero-order valence-electron chi connectivity index (χ0n) is 12.3. The van der Waals surface area contributed by atoms with Crippen LogP contribution in [0.4, 0.5) is 0 Å². The van der Waals surface area contributed by atoms with Crippen LogP contribution in [0.5, 0.6) is 0 Å². The lowest BCUT2D eigenvalue weighted by Gasteiger charge is -1.96. The summed E-state index contributed by atoms with van der Waals surface area (Å²) in [7, 11) is 0. The van der Waals surface area contributed by atoms with Gasteiger partial charge in [0.25, 0.3) is 5.24 Å². The van der Waals surface area contributed by atoms with Gasteiger partial charge in [-0.2, -0.15) is 0 Å². The Morgan fingerprint density at radius 3 is 2.45 bits per heavy atom. The summed E-state index contributed by atoms with van der Waals surface area (Å²) in [6, 6.07) is 11.0. The van der Waals surface area contributed by atoms with Crippen LogP contribution in [0.1, 0.15) is 32.9 Å². The number of halogens is 1. The van der Waals surface area contributed by atoms with Gasteiger partial charge < -0.3 is 4.42 Å². The van der Waals surface area contributed by atoms with Crippen LogP contribution >= 0.6 is 11.6 Å². The second-order valence-electron chi connectivity index (χ2n) is 5.19. The molecule has 0 spiro atoms. The molecule has 1 aromatic heterocycles. The van der Waals surface area contributed by atoms with Gasteiger partial charge in [-0.3, -0.25) is 4.79 Å². The average molecular weight is 312 g/mol. The molecule has 1 heterocycles. The van der Waals surface area contributed by atoms with Gasteiger partial charge in [-0.05, 0) is 72.5 Å². The fourth-order valence-corrected chi connectivity index (χ4v) is 2.29. The van der Waals surface area contributed by atoms with E-state index in [1.165, 1.54) is 11.1 Å². The minimum absolute atomic E-state index is 0.458. The third-order valence-electron chi connectivity index (χ3n) is 3.58. The molecule has 0 aliphatic rings. The molecule has 0 radical (unpaired) electrons. The number of nitrogens with zero attached hydrogens (tertiary/aromatic N) is 1. The maximum absolute atomic E-state index is 11.0. The lowest BCUT2D eigenvalue weighted by molar-refractivity contribution is 0.108. The van der Waals surface area contributed by atoms with Crippen molar-refractivity contribution < 1.29 is 9.21 Å². The number of carbonyl (C=O) groups is 1. The molecule has 2 aromatic carbocycles. The second kappa shape index (κ2) is 5.78. The summed E-state index contributed by atoms with van der Waals surface area (Å²) in [4.78, 5) is 15.5. The standard InChI is InChI=1S/C18H14ClNO2/c1-11-9-15-16(10-12(11)2)22-17(20-15)8-5-13-3-6-14(7-4-13)18(19)21/h3-10H,1-2H3/b8-5+. The summed E-state index contributed by atoms with van der Waals surface area (Å²) >= 11 is 5.42. The van der Waals surface area contributed by atoms with Crippen LogP contribution in [0.2, 0.25) is 0 Å². The predicted octanol–water partition coefficient (Wildman–Crippen LogP) is 4.99. The molecule has 0 aliphatic heterocycles. The van der Waals surface area contributed by atoms with Gasteiger partial charge in [-0.15, -0.1) is 0 Å². The van der Waals surface area contributed by atoms with Crippen LogP contribution in [0, 0.1) is 13.8 Å². The van der Waals surface area contributed by atoms with Gasteiger partial charge in [0.05, 0.1) is 0 Å². The molecule has 0 atom stereocenters. The van der Waals surface area contributed by atoms with Gasteiger partial charge in [0, 0.05) is 11.6 Å². The monoisotopic (exact) mass is 311 g/mol. The maximum Gasteiger partial charge on any atom is 0.252 e. The highest BCUT2D eigenvalue weighted by atomic mass is 35.5. The second-order valence-corrected chi connectivity index (χ2v) is 5.53. The van der Waals surface area contributed by atoms with Gasteiger partial charge in [-0.25, -0.2) is 4.98 Å². The fourth-order valence-electron chi connectivity index (χ4n) is 2.16. The van der Waals surface area contributed by atoms with Gasteiger partial charge in [0.2, 0.25) is 5.89 Å². The molecule has 0 aliphatic carbocycles. The van der Waals surface area contributed by atoms with E-state index in [1.807, 2.05) is 43.3 Å². The summed E-state index contributed by atoms with van der Waals surface area (Å²) in [6.07, 6.45) is 3.69. The van der Waals surface area contributed by atoms with Crippen LogP contribution in [-0.4, -0.2) is 10.2 Å². The van der Waals surface area contributed by atoms with E-state index in [-0.39, 0.29) is 0 Å². The smallest absolute Gasteiger partial charge is 0.252 e. The molecule has 0 bridgehead atoms. The number of carbonyl (C=O) groups excluding carboxylic acids is 1.